The smallest absolute Gasteiger partial charge is 0.303 e. The van der Waals surface area contributed by atoms with Crippen molar-refractivity contribution in [1.82, 2.24) is 0 Å². The Balaban J connectivity index is 1.72. The summed E-state index contributed by atoms with van der Waals surface area (Å²) >= 11 is 0. The summed E-state index contributed by atoms with van der Waals surface area (Å²) < 4.78 is 0. The normalized spacial score (nSPS) is 13.0. The highest BCUT2D eigenvalue weighted by atomic mass is 16.4. The monoisotopic (exact) mass is 280 g/mol. The zero-order chi connectivity index (χ0) is 14.7. The van der Waals surface area contributed by atoms with Crippen molar-refractivity contribution in [3.63, 3.8) is 0 Å². The topological polar surface area (TPSA) is 37.3 Å². The van der Waals surface area contributed by atoms with E-state index in [-0.39, 0.29) is 6.42 Å². The molecule has 0 heterocycles. The number of fused-ring (bicyclic) bond motifs is 3. The van der Waals surface area contributed by atoms with Gasteiger partial charge in [0.2, 0.25) is 0 Å². The summed E-state index contributed by atoms with van der Waals surface area (Å²) in [6.45, 7) is 0. The molecule has 108 valence electrons. The second-order valence-electron chi connectivity index (χ2n) is 5.72. The van der Waals surface area contributed by atoms with Crippen molar-refractivity contribution < 1.29 is 9.90 Å². The van der Waals surface area contributed by atoms with E-state index in [1.165, 1.54) is 22.3 Å². The molecule has 0 aromatic heterocycles. The van der Waals surface area contributed by atoms with Crippen molar-refractivity contribution >= 4 is 5.97 Å². The molecular formula is C19H20O2. The molecule has 21 heavy (non-hydrogen) atoms. The molecule has 0 saturated heterocycles. The van der Waals surface area contributed by atoms with Gasteiger partial charge in [-0.1, -0.05) is 61.4 Å². The van der Waals surface area contributed by atoms with Crippen LogP contribution in [0.1, 0.15) is 49.1 Å². The number of hydrogen-bond donors (Lipinski definition) is 1. The maximum absolute atomic E-state index is 10.5. The van der Waals surface area contributed by atoms with Crippen molar-refractivity contribution in [2.75, 3.05) is 0 Å². The summed E-state index contributed by atoms with van der Waals surface area (Å²) in [5.41, 5.74) is 5.58. The van der Waals surface area contributed by atoms with Crippen molar-refractivity contribution in [1.29, 1.82) is 0 Å². The van der Waals surface area contributed by atoms with E-state index in [0.29, 0.717) is 5.92 Å². The van der Waals surface area contributed by atoms with E-state index in [1.807, 2.05) is 0 Å². The molecule has 2 heteroatoms. The Labute approximate surface area is 125 Å². The molecule has 0 fully saturated rings. The zero-order valence-electron chi connectivity index (χ0n) is 12.1. The van der Waals surface area contributed by atoms with Crippen LogP contribution in [0.5, 0.6) is 0 Å². The fourth-order valence-electron chi connectivity index (χ4n) is 3.37. The van der Waals surface area contributed by atoms with Crippen LogP contribution in [0.25, 0.3) is 11.1 Å². The Morgan fingerprint density at radius 2 is 1.43 bits per heavy atom. The van der Waals surface area contributed by atoms with Gasteiger partial charge < -0.3 is 5.11 Å². The van der Waals surface area contributed by atoms with Crippen LogP contribution in [-0.4, -0.2) is 11.1 Å². The van der Waals surface area contributed by atoms with Crippen LogP contribution < -0.4 is 0 Å². The van der Waals surface area contributed by atoms with E-state index in [1.54, 1.807) is 0 Å². The Morgan fingerprint density at radius 3 is 2.00 bits per heavy atom. The van der Waals surface area contributed by atoms with Gasteiger partial charge in [0.05, 0.1) is 0 Å². The van der Waals surface area contributed by atoms with Crippen LogP contribution in [0.3, 0.4) is 0 Å². The first-order valence-corrected chi connectivity index (χ1v) is 7.67. The first-order chi connectivity index (χ1) is 10.3. The number of carbonyl (C=O) groups is 1. The molecule has 2 aromatic carbocycles. The molecule has 1 aliphatic rings. The van der Waals surface area contributed by atoms with Gasteiger partial charge in [-0.2, -0.15) is 0 Å². The fraction of sp³-hybridized carbons (Fsp3) is 0.316. The Hall–Kier alpha value is -2.09. The third kappa shape index (κ3) is 2.85. The third-order valence-corrected chi connectivity index (χ3v) is 4.35. The predicted octanol–water partition coefficient (Wildman–Crippen LogP) is 4.83. The Morgan fingerprint density at radius 1 is 0.857 bits per heavy atom. The number of benzene rings is 2. The maximum atomic E-state index is 10.5. The first-order valence-electron chi connectivity index (χ1n) is 7.67. The average Bonchev–Trinajstić information content (AvgIpc) is 2.81. The minimum absolute atomic E-state index is 0.290. The van der Waals surface area contributed by atoms with Crippen LogP contribution >= 0.6 is 0 Å². The highest BCUT2D eigenvalue weighted by Crippen LogP contribution is 2.46. The van der Waals surface area contributed by atoms with Gasteiger partial charge in [-0.15, -0.1) is 0 Å². The molecule has 1 aliphatic carbocycles. The van der Waals surface area contributed by atoms with Gasteiger partial charge in [0.1, 0.15) is 0 Å². The van der Waals surface area contributed by atoms with Gasteiger partial charge in [0.15, 0.2) is 0 Å². The van der Waals surface area contributed by atoms with Crippen molar-refractivity contribution in [3.05, 3.63) is 59.7 Å². The summed E-state index contributed by atoms with van der Waals surface area (Å²) in [6.07, 6.45) is 4.25. The molecule has 0 amide bonds. The molecule has 1 N–H and O–H groups in total. The molecule has 2 nitrogen and oxygen atoms in total. The highest BCUT2D eigenvalue weighted by Gasteiger charge is 2.27. The summed E-state index contributed by atoms with van der Waals surface area (Å²) in [7, 11) is 0. The molecule has 2 aromatic rings. The van der Waals surface area contributed by atoms with Gasteiger partial charge in [0.25, 0.3) is 0 Å². The van der Waals surface area contributed by atoms with E-state index in [2.05, 4.69) is 48.5 Å². The van der Waals surface area contributed by atoms with E-state index in [9.17, 15) is 4.79 Å². The second kappa shape index (κ2) is 6.13. The van der Waals surface area contributed by atoms with Gasteiger partial charge in [-0.3, -0.25) is 4.79 Å². The fourth-order valence-corrected chi connectivity index (χ4v) is 3.37. The lowest BCUT2D eigenvalue weighted by Crippen LogP contribution is -1.98. The van der Waals surface area contributed by atoms with Crippen LogP contribution in [0.4, 0.5) is 0 Å². The maximum Gasteiger partial charge on any atom is 0.303 e. The van der Waals surface area contributed by atoms with Gasteiger partial charge in [-0.25, -0.2) is 0 Å². The number of carboxylic acids is 1. The molecule has 0 saturated carbocycles. The third-order valence-electron chi connectivity index (χ3n) is 4.35. The SMILES string of the molecule is O=C(O)CCCCCC1c2ccccc2-c2ccccc21. The van der Waals surface area contributed by atoms with Gasteiger partial charge >= 0.3 is 5.97 Å². The number of carboxylic acid groups (broad SMARTS) is 1. The van der Waals surface area contributed by atoms with Crippen molar-refractivity contribution in [3.8, 4) is 11.1 Å². The molecule has 0 unspecified atom stereocenters. The number of aliphatic carboxylic acids is 1. The zero-order valence-corrected chi connectivity index (χ0v) is 12.1. The molecule has 3 rings (SSSR count). The van der Waals surface area contributed by atoms with E-state index in [4.69, 9.17) is 5.11 Å². The number of unbranched alkanes of at least 4 members (excludes halogenated alkanes) is 2. The average molecular weight is 280 g/mol. The van der Waals surface area contributed by atoms with E-state index in [0.717, 1.165) is 25.7 Å². The quantitative estimate of drug-likeness (QED) is 0.769. The summed E-state index contributed by atoms with van der Waals surface area (Å²) in [5.74, 6) is -0.214. The first kappa shape index (κ1) is 13.9. The lowest BCUT2D eigenvalue weighted by Gasteiger charge is -2.13. The van der Waals surface area contributed by atoms with Gasteiger partial charge in [-0.05, 0) is 35.1 Å². The van der Waals surface area contributed by atoms with Crippen molar-refractivity contribution in [2.45, 2.75) is 38.0 Å². The molecular weight excluding hydrogens is 260 g/mol. The Kier molecular flexibility index (Phi) is 4.05. The summed E-state index contributed by atoms with van der Waals surface area (Å²) in [4.78, 5) is 10.5. The minimum atomic E-state index is -0.688. The number of hydrogen-bond acceptors (Lipinski definition) is 1. The van der Waals surface area contributed by atoms with Crippen LogP contribution in [0.2, 0.25) is 0 Å². The predicted molar refractivity (Wildman–Crippen MR) is 84.4 cm³/mol. The van der Waals surface area contributed by atoms with Gasteiger partial charge in [0, 0.05) is 12.3 Å². The standard InChI is InChI=1S/C19H20O2/c20-19(21)13-3-1-2-8-14-15-9-4-6-11-17(15)18-12-7-5-10-16(14)18/h4-7,9-12,14H,1-3,8,13H2,(H,20,21). The largest absolute Gasteiger partial charge is 0.481 e. The summed E-state index contributed by atoms with van der Waals surface area (Å²) in [5, 5.41) is 8.68. The molecule has 0 atom stereocenters. The van der Waals surface area contributed by atoms with E-state index < -0.39 is 5.97 Å². The minimum Gasteiger partial charge on any atom is -0.481 e. The molecule has 0 spiro atoms. The number of rotatable bonds is 6. The van der Waals surface area contributed by atoms with E-state index >= 15 is 0 Å². The van der Waals surface area contributed by atoms with Crippen LogP contribution in [0.15, 0.2) is 48.5 Å². The molecule has 0 radical (unpaired) electrons. The Bertz CT molecular complexity index is 600. The summed E-state index contributed by atoms with van der Waals surface area (Å²) in [6, 6.07) is 17.3. The lowest BCUT2D eigenvalue weighted by molar-refractivity contribution is -0.137. The lowest BCUT2D eigenvalue weighted by atomic mass is 9.91. The molecule has 0 aliphatic heterocycles. The van der Waals surface area contributed by atoms with Crippen LogP contribution in [0, 0.1) is 0 Å². The second-order valence-corrected chi connectivity index (χ2v) is 5.72. The highest BCUT2D eigenvalue weighted by molar-refractivity contribution is 5.78. The van der Waals surface area contributed by atoms with Crippen LogP contribution in [-0.2, 0) is 4.79 Å². The molecule has 0 bridgehead atoms. The van der Waals surface area contributed by atoms with Crippen molar-refractivity contribution in [2.24, 2.45) is 0 Å².